The molecule has 2 rings (SSSR count). The van der Waals surface area contributed by atoms with Gasteiger partial charge in [-0.05, 0) is 12.1 Å². The highest BCUT2D eigenvalue weighted by atomic mass is 32.1. The van der Waals surface area contributed by atoms with E-state index in [2.05, 4.69) is 9.97 Å². The smallest absolute Gasteiger partial charge is 0.170 e. The number of aromatic amines is 1. The maximum absolute atomic E-state index is 5.35. The number of aromatic nitrogens is 2. The number of ether oxygens (including phenoxy) is 2. The van der Waals surface area contributed by atoms with Crippen LogP contribution in [-0.2, 0) is 0 Å². The van der Waals surface area contributed by atoms with Crippen LogP contribution in [0.3, 0.4) is 0 Å². The predicted octanol–water partition coefficient (Wildman–Crippen LogP) is 2.82. The second-order valence-corrected chi connectivity index (χ2v) is 3.79. The van der Waals surface area contributed by atoms with Gasteiger partial charge in [0.1, 0.15) is 4.64 Å². The second-order valence-electron chi connectivity index (χ2n) is 3.35. The van der Waals surface area contributed by atoms with Crippen molar-refractivity contribution < 1.29 is 9.47 Å². The monoisotopic (exact) mass is 248 g/mol. The molecule has 5 heteroatoms. The molecule has 0 amide bonds. The van der Waals surface area contributed by atoms with Crippen molar-refractivity contribution in [1.82, 2.24) is 9.97 Å². The van der Waals surface area contributed by atoms with Gasteiger partial charge in [-0.25, -0.2) is 0 Å². The molecule has 0 aliphatic rings. The van der Waals surface area contributed by atoms with Crippen molar-refractivity contribution >= 4 is 12.2 Å². The highest BCUT2D eigenvalue weighted by Crippen LogP contribution is 2.36. The first-order valence-electron chi connectivity index (χ1n) is 5.02. The van der Waals surface area contributed by atoms with Crippen LogP contribution in [0.15, 0.2) is 30.6 Å². The fraction of sp³-hybridized carbons (Fsp3) is 0.167. The SMILES string of the molecule is COc1cccc(-c2cncc(=S)[nH]2)c1OC. The van der Waals surface area contributed by atoms with E-state index in [0.717, 1.165) is 11.3 Å². The van der Waals surface area contributed by atoms with Crippen LogP contribution in [0, 0.1) is 4.64 Å². The summed E-state index contributed by atoms with van der Waals surface area (Å²) >= 11 is 5.05. The van der Waals surface area contributed by atoms with Gasteiger partial charge >= 0.3 is 0 Å². The van der Waals surface area contributed by atoms with Gasteiger partial charge in [-0.1, -0.05) is 18.3 Å². The van der Waals surface area contributed by atoms with E-state index in [1.165, 1.54) is 0 Å². The molecular weight excluding hydrogens is 236 g/mol. The number of nitrogens with zero attached hydrogens (tertiary/aromatic N) is 1. The molecule has 2 aromatic rings. The number of rotatable bonds is 3. The standard InChI is InChI=1S/C12H12N2O2S/c1-15-10-5-3-4-8(12(10)16-2)9-6-13-7-11(17)14-9/h3-7H,1-2H3,(H,14,17). The Morgan fingerprint density at radius 2 is 2.00 bits per heavy atom. The van der Waals surface area contributed by atoms with Crippen LogP contribution in [0.2, 0.25) is 0 Å². The largest absolute Gasteiger partial charge is 0.493 e. The predicted molar refractivity (Wildman–Crippen MR) is 68.0 cm³/mol. The Bertz CT molecular complexity index is 581. The summed E-state index contributed by atoms with van der Waals surface area (Å²) in [5.74, 6) is 1.34. The van der Waals surface area contributed by atoms with Crippen LogP contribution >= 0.6 is 12.2 Å². The molecule has 0 unspecified atom stereocenters. The molecule has 1 aromatic carbocycles. The number of para-hydroxylation sites is 1. The molecule has 0 saturated heterocycles. The first kappa shape index (κ1) is 11.6. The minimum atomic E-state index is 0.576. The van der Waals surface area contributed by atoms with E-state index in [-0.39, 0.29) is 0 Å². The van der Waals surface area contributed by atoms with Crippen LogP contribution in [0.4, 0.5) is 0 Å². The maximum Gasteiger partial charge on any atom is 0.170 e. The van der Waals surface area contributed by atoms with Gasteiger partial charge in [0.05, 0.1) is 32.3 Å². The molecule has 1 heterocycles. The summed E-state index contributed by atoms with van der Waals surface area (Å²) in [6, 6.07) is 5.65. The van der Waals surface area contributed by atoms with E-state index >= 15 is 0 Å². The molecule has 1 aromatic heterocycles. The lowest BCUT2D eigenvalue weighted by Gasteiger charge is -2.12. The summed E-state index contributed by atoms with van der Waals surface area (Å²) in [6.45, 7) is 0. The molecule has 0 bridgehead atoms. The summed E-state index contributed by atoms with van der Waals surface area (Å²) in [6.07, 6.45) is 3.29. The average molecular weight is 248 g/mol. The lowest BCUT2D eigenvalue weighted by molar-refractivity contribution is 0.356. The molecule has 0 fully saturated rings. The molecule has 4 nitrogen and oxygen atoms in total. The molecule has 88 valence electrons. The van der Waals surface area contributed by atoms with E-state index in [9.17, 15) is 0 Å². The number of methoxy groups -OCH3 is 2. The van der Waals surface area contributed by atoms with Crippen molar-refractivity contribution in [3.63, 3.8) is 0 Å². The molecule has 1 N–H and O–H groups in total. The molecule has 0 saturated carbocycles. The summed E-state index contributed by atoms with van der Waals surface area (Å²) in [5, 5.41) is 0. The van der Waals surface area contributed by atoms with Gasteiger partial charge in [0.15, 0.2) is 11.5 Å². The molecule has 0 aliphatic heterocycles. The van der Waals surface area contributed by atoms with Gasteiger partial charge in [-0.3, -0.25) is 4.98 Å². The average Bonchev–Trinajstić information content (AvgIpc) is 2.37. The van der Waals surface area contributed by atoms with Crippen LogP contribution in [0.1, 0.15) is 0 Å². The molecule has 0 spiro atoms. The zero-order valence-electron chi connectivity index (χ0n) is 9.56. The molecule has 0 aliphatic carbocycles. The number of H-pyrrole nitrogens is 1. The lowest BCUT2D eigenvalue weighted by atomic mass is 10.1. The minimum Gasteiger partial charge on any atom is -0.493 e. The van der Waals surface area contributed by atoms with E-state index in [1.807, 2.05) is 18.2 Å². The highest BCUT2D eigenvalue weighted by molar-refractivity contribution is 7.71. The quantitative estimate of drug-likeness (QED) is 0.848. The Labute approximate surface area is 104 Å². The van der Waals surface area contributed by atoms with Crippen LogP contribution in [0.5, 0.6) is 11.5 Å². The third-order valence-corrected chi connectivity index (χ3v) is 2.55. The van der Waals surface area contributed by atoms with Crippen LogP contribution in [0.25, 0.3) is 11.3 Å². The summed E-state index contributed by atoms with van der Waals surface area (Å²) in [7, 11) is 3.21. The van der Waals surface area contributed by atoms with Gasteiger partial charge in [-0.15, -0.1) is 0 Å². The van der Waals surface area contributed by atoms with Crippen LogP contribution < -0.4 is 9.47 Å². The number of hydrogen-bond acceptors (Lipinski definition) is 4. The molecular formula is C12H12N2O2S. The Hall–Kier alpha value is -1.88. The van der Waals surface area contributed by atoms with Crippen molar-refractivity contribution in [2.24, 2.45) is 0 Å². The van der Waals surface area contributed by atoms with Gasteiger partial charge in [0.2, 0.25) is 0 Å². The Balaban J connectivity index is 2.63. The summed E-state index contributed by atoms with van der Waals surface area (Å²) in [5.41, 5.74) is 1.67. The maximum atomic E-state index is 5.35. The zero-order valence-corrected chi connectivity index (χ0v) is 10.4. The summed E-state index contributed by atoms with van der Waals surface area (Å²) < 4.78 is 11.2. The number of nitrogens with one attached hydrogen (secondary N) is 1. The van der Waals surface area contributed by atoms with Crippen molar-refractivity contribution in [2.45, 2.75) is 0 Å². The highest BCUT2D eigenvalue weighted by Gasteiger charge is 2.11. The zero-order chi connectivity index (χ0) is 12.3. The normalized spacial score (nSPS) is 10.0. The van der Waals surface area contributed by atoms with Crippen molar-refractivity contribution in [1.29, 1.82) is 0 Å². The third-order valence-electron chi connectivity index (χ3n) is 2.35. The van der Waals surface area contributed by atoms with Crippen molar-refractivity contribution in [3.8, 4) is 22.8 Å². The Morgan fingerprint density at radius 3 is 2.65 bits per heavy atom. The second kappa shape index (κ2) is 4.97. The van der Waals surface area contributed by atoms with E-state index < -0.39 is 0 Å². The molecule has 17 heavy (non-hydrogen) atoms. The van der Waals surface area contributed by atoms with Crippen molar-refractivity contribution in [3.05, 3.63) is 35.2 Å². The summed E-state index contributed by atoms with van der Waals surface area (Å²) in [4.78, 5) is 7.13. The molecule has 0 radical (unpaired) electrons. The van der Waals surface area contributed by atoms with Gasteiger partial charge < -0.3 is 14.5 Å². The third kappa shape index (κ3) is 2.29. The van der Waals surface area contributed by atoms with Crippen molar-refractivity contribution in [2.75, 3.05) is 14.2 Å². The number of benzene rings is 1. The molecule has 0 atom stereocenters. The van der Waals surface area contributed by atoms with E-state index in [0.29, 0.717) is 16.1 Å². The van der Waals surface area contributed by atoms with E-state index in [4.69, 9.17) is 21.7 Å². The number of hydrogen-bond donors (Lipinski definition) is 1. The Morgan fingerprint density at radius 1 is 1.18 bits per heavy atom. The van der Waals surface area contributed by atoms with E-state index in [1.54, 1.807) is 26.6 Å². The van der Waals surface area contributed by atoms with Gasteiger partial charge in [0.25, 0.3) is 0 Å². The minimum absolute atomic E-state index is 0.576. The Kier molecular flexibility index (Phi) is 3.39. The first-order chi connectivity index (χ1) is 8.26. The van der Waals surface area contributed by atoms with Gasteiger partial charge in [-0.2, -0.15) is 0 Å². The lowest BCUT2D eigenvalue weighted by Crippen LogP contribution is -1.94. The van der Waals surface area contributed by atoms with Crippen LogP contribution in [-0.4, -0.2) is 24.2 Å². The topological polar surface area (TPSA) is 47.1 Å². The van der Waals surface area contributed by atoms with Gasteiger partial charge in [0, 0.05) is 5.56 Å². The fourth-order valence-electron chi connectivity index (χ4n) is 1.61. The first-order valence-corrected chi connectivity index (χ1v) is 5.42. The fourth-order valence-corrected chi connectivity index (χ4v) is 1.78.